The molecule has 0 saturated heterocycles. The minimum atomic E-state index is -3.78. The Hall–Kier alpha value is -3.87. The Balaban J connectivity index is 1.36. The summed E-state index contributed by atoms with van der Waals surface area (Å²) in [7, 11) is -2.25. The summed E-state index contributed by atoms with van der Waals surface area (Å²) in [6.45, 7) is 2.03. The highest BCUT2D eigenvalue weighted by atomic mass is 32.2. The fourth-order valence-corrected chi connectivity index (χ4v) is 6.72. The Kier molecular flexibility index (Phi) is 6.40. The third kappa shape index (κ3) is 4.66. The van der Waals surface area contributed by atoms with E-state index in [2.05, 4.69) is 11.4 Å². The highest BCUT2D eigenvalue weighted by molar-refractivity contribution is 7.92. The lowest BCUT2D eigenvalue weighted by Gasteiger charge is -2.23. The number of carbonyl (C=O) groups is 1. The number of benzene rings is 3. The fourth-order valence-electron chi connectivity index (χ4n) is 4.32. The molecule has 1 N–H and O–H groups in total. The smallest absolute Gasteiger partial charge is 0.265 e. The molecule has 4 aromatic rings. The van der Waals surface area contributed by atoms with Crippen LogP contribution in [0.1, 0.15) is 35.0 Å². The summed E-state index contributed by atoms with van der Waals surface area (Å²) in [5, 5.41) is 13.1. The number of anilines is 2. The number of thiophene rings is 1. The van der Waals surface area contributed by atoms with Crippen molar-refractivity contribution in [3.63, 3.8) is 0 Å². The van der Waals surface area contributed by atoms with Gasteiger partial charge in [-0.1, -0.05) is 12.1 Å². The van der Waals surface area contributed by atoms with E-state index >= 15 is 0 Å². The number of nitriles is 1. The van der Waals surface area contributed by atoms with Crippen LogP contribution in [0.4, 0.5) is 11.4 Å². The molecule has 1 aromatic heterocycles. The molecule has 0 unspecified atom stereocenters. The van der Waals surface area contributed by atoms with Gasteiger partial charge in [0.05, 0.1) is 34.1 Å². The number of methoxy groups -OCH3 is 1. The van der Waals surface area contributed by atoms with Crippen LogP contribution >= 0.6 is 11.3 Å². The maximum absolute atomic E-state index is 13.3. The van der Waals surface area contributed by atoms with E-state index in [1.165, 1.54) is 34.9 Å². The van der Waals surface area contributed by atoms with Crippen LogP contribution in [0, 0.1) is 11.3 Å². The zero-order chi connectivity index (χ0) is 26.2. The Bertz CT molecular complexity index is 1610. The summed E-state index contributed by atoms with van der Waals surface area (Å²) in [5.41, 5.74) is 1.80. The van der Waals surface area contributed by atoms with Crippen LogP contribution in [0.2, 0.25) is 0 Å². The van der Waals surface area contributed by atoms with E-state index in [1.807, 2.05) is 30.3 Å². The van der Waals surface area contributed by atoms with Crippen molar-refractivity contribution in [2.75, 3.05) is 23.3 Å². The third-order valence-electron chi connectivity index (χ3n) is 6.61. The van der Waals surface area contributed by atoms with E-state index in [1.54, 1.807) is 37.3 Å². The summed E-state index contributed by atoms with van der Waals surface area (Å²) >= 11 is 1.34. The fraction of sp³-hybridized carbons (Fsp3) is 0.214. The second-order valence-corrected chi connectivity index (χ2v) is 11.8. The molecular weight excluding hydrogens is 506 g/mol. The van der Waals surface area contributed by atoms with E-state index in [0.717, 1.165) is 28.5 Å². The van der Waals surface area contributed by atoms with Crippen molar-refractivity contribution < 1.29 is 17.9 Å². The van der Waals surface area contributed by atoms with E-state index in [-0.39, 0.29) is 22.8 Å². The second kappa shape index (κ2) is 9.54. The first-order valence-electron chi connectivity index (χ1n) is 11.8. The van der Waals surface area contributed by atoms with E-state index in [4.69, 9.17) is 4.74 Å². The first kappa shape index (κ1) is 24.8. The van der Waals surface area contributed by atoms with Crippen LogP contribution in [0.3, 0.4) is 0 Å². The first-order chi connectivity index (χ1) is 17.8. The van der Waals surface area contributed by atoms with Gasteiger partial charge in [-0.3, -0.25) is 9.10 Å². The van der Waals surface area contributed by atoms with Gasteiger partial charge in [0.25, 0.3) is 15.9 Å². The number of nitrogens with zero attached hydrogens (tertiary/aromatic N) is 2. The highest BCUT2D eigenvalue weighted by Crippen LogP contribution is 2.47. The average Bonchev–Trinajstić information content (AvgIpc) is 3.60. The quantitative estimate of drug-likeness (QED) is 0.304. The van der Waals surface area contributed by atoms with Crippen molar-refractivity contribution in [1.29, 1.82) is 5.26 Å². The Morgan fingerprint density at radius 3 is 2.38 bits per heavy atom. The molecule has 1 amide bonds. The molecule has 0 radical (unpaired) electrons. The largest absolute Gasteiger partial charge is 0.497 e. The molecule has 0 spiro atoms. The van der Waals surface area contributed by atoms with Gasteiger partial charge in [-0.25, -0.2) is 8.42 Å². The van der Waals surface area contributed by atoms with Gasteiger partial charge in [0.2, 0.25) is 0 Å². The lowest BCUT2D eigenvalue weighted by atomic mass is 9.98. The van der Waals surface area contributed by atoms with Gasteiger partial charge in [-0.05, 0) is 91.4 Å². The monoisotopic (exact) mass is 531 g/mol. The van der Waals surface area contributed by atoms with Crippen LogP contribution in [-0.4, -0.2) is 28.0 Å². The predicted molar refractivity (Wildman–Crippen MR) is 146 cm³/mol. The number of amides is 1. The molecule has 0 bridgehead atoms. The predicted octanol–water partition coefficient (Wildman–Crippen LogP) is 5.93. The molecular formula is C28H25N3O4S2. The van der Waals surface area contributed by atoms with Crippen molar-refractivity contribution >= 4 is 48.7 Å². The normalized spacial score (nSPS) is 14.1. The lowest BCUT2D eigenvalue weighted by Crippen LogP contribution is -2.30. The number of carbonyl (C=O) groups excluding carboxylic acids is 1. The summed E-state index contributed by atoms with van der Waals surface area (Å²) in [5.74, 6) is 0.340. The van der Waals surface area contributed by atoms with Crippen molar-refractivity contribution in [3.8, 4) is 11.8 Å². The van der Waals surface area contributed by atoms with Gasteiger partial charge in [0.1, 0.15) is 5.75 Å². The van der Waals surface area contributed by atoms with Crippen molar-refractivity contribution in [3.05, 3.63) is 83.2 Å². The Morgan fingerprint density at radius 1 is 1.08 bits per heavy atom. The number of rotatable bonds is 8. The molecule has 1 saturated carbocycles. The van der Waals surface area contributed by atoms with Crippen LogP contribution < -0.4 is 14.4 Å². The maximum atomic E-state index is 13.3. The third-order valence-corrected chi connectivity index (χ3v) is 9.64. The van der Waals surface area contributed by atoms with Gasteiger partial charge in [0, 0.05) is 16.9 Å². The zero-order valence-corrected chi connectivity index (χ0v) is 22.0. The van der Waals surface area contributed by atoms with Crippen LogP contribution in [-0.2, 0) is 15.4 Å². The van der Waals surface area contributed by atoms with E-state index in [9.17, 15) is 18.5 Å². The maximum Gasteiger partial charge on any atom is 0.265 e. The topological polar surface area (TPSA) is 99.5 Å². The molecule has 37 heavy (non-hydrogen) atoms. The number of nitrogens with one attached hydrogen (secondary N) is 1. The molecule has 188 valence electrons. The Morgan fingerprint density at radius 2 is 1.78 bits per heavy atom. The van der Waals surface area contributed by atoms with Gasteiger partial charge >= 0.3 is 0 Å². The number of sulfonamides is 1. The SMILES string of the molecule is CCN(c1ccc2sc(C(=O)Nc3ccc(C4(C#N)CC4)cc3)cc2c1)S(=O)(=O)c1ccc(OC)cc1. The van der Waals surface area contributed by atoms with E-state index < -0.39 is 10.0 Å². The summed E-state index contributed by atoms with van der Waals surface area (Å²) in [6, 6.07) is 23.3. The molecule has 3 aromatic carbocycles. The number of fused-ring (bicyclic) bond motifs is 1. The molecule has 0 aliphatic heterocycles. The summed E-state index contributed by atoms with van der Waals surface area (Å²) in [4.78, 5) is 13.6. The molecule has 7 nitrogen and oxygen atoms in total. The van der Waals surface area contributed by atoms with Gasteiger partial charge in [-0.15, -0.1) is 11.3 Å². The van der Waals surface area contributed by atoms with Crippen molar-refractivity contribution in [2.24, 2.45) is 0 Å². The van der Waals surface area contributed by atoms with Crippen LogP contribution in [0.15, 0.2) is 77.7 Å². The second-order valence-electron chi connectivity index (χ2n) is 8.90. The molecule has 1 aliphatic rings. The molecule has 1 fully saturated rings. The minimum Gasteiger partial charge on any atom is -0.497 e. The molecule has 9 heteroatoms. The molecule has 0 atom stereocenters. The molecule has 5 rings (SSSR count). The standard InChI is InChI=1S/C28H25N3O4S2/c1-3-31(37(33,34)24-11-9-23(35-2)10-12-24)22-8-13-25-19(16-22)17-26(36-25)27(32)30-21-6-4-20(5-7-21)28(18-29)14-15-28/h4-13,16-17H,3,14-15H2,1-2H3,(H,30,32). The molecule has 1 aliphatic carbocycles. The van der Waals surface area contributed by atoms with Gasteiger partial charge in [0.15, 0.2) is 0 Å². The van der Waals surface area contributed by atoms with Gasteiger partial charge in [-0.2, -0.15) is 5.26 Å². The summed E-state index contributed by atoms with van der Waals surface area (Å²) < 4.78 is 34.0. The van der Waals surface area contributed by atoms with Gasteiger partial charge < -0.3 is 10.1 Å². The Labute approximate surface area is 220 Å². The number of hydrogen-bond acceptors (Lipinski definition) is 6. The van der Waals surface area contributed by atoms with Crippen molar-refractivity contribution in [1.82, 2.24) is 0 Å². The molecule has 1 heterocycles. The lowest BCUT2D eigenvalue weighted by molar-refractivity contribution is 0.103. The van der Waals surface area contributed by atoms with Crippen molar-refractivity contribution in [2.45, 2.75) is 30.1 Å². The number of ether oxygens (including phenoxy) is 1. The minimum absolute atomic E-state index is 0.175. The van der Waals surface area contributed by atoms with Crippen LogP contribution in [0.5, 0.6) is 5.75 Å². The first-order valence-corrected chi connectivity index (χ1v) is 14.1. The van der Waals surface area contributed by atoms with E-state index in [0.29, 0.717) is 22.0 Å². The zero-order valence-electron chi connectivity index (χ0n) is 20.4. The summed E-state index contributed by atoms with van der Waals surface area (Å²) in [6.07, 6.45) is 1.74. The van der Waals surface area contributed by atoms with Crippen LogP contribution in [0.25, 0.3) is 10.1 Å². The highest BCUT2D eigenvalue weighted by Gasteiger charge is 2.44. The number of hydrogen-bond donors (Lipinski definition) is 1. The average molecular weight is 532 g/mol.